The summed E-state index contributed by atoms with van der Waals surface area (Å²) in [4.78, 5) is 9.24. The van der Waals surface area contributed by atoms with Crippen molar-refractivity contribution in [3.63, 3.8) is 0 Å². The number of hydrogen-bond acceptors (Lipinski definition) is 5. The molecule has 0 aliphatic rings. The minimum atomic E-state index is 0.656. The summed E-state index contributed by atoms with van der Waals surface area (Å²) >= 11 is 0. The highest BCUT2D eigenvalue weighted by molar-refractivity contribution is 5.29. The molecule has 28 heavy (non-hydrogen) atoms. The summed E-state index contributed by atoms with van der Waals surface area (Å²) in [5, 5.41) is 8.96. The van der Waals surface area contributed by atoms with Gasteiger partial charge >= 0.3 is 0 Å². The van der Waals surface area contributed by atoms with Crippen molar-refractivity contribution in [3.8, 4) is 11.6 Å². The zero-order valence-electron chi connectivity index (χ0n) is 16.0. The van der Waals surface area contributed by atoms with Crippen molar-refractivity contribution in [3.05, 3.63) is 83.8 Å². The van der Waals surface area contributed by atoms with Crippen LogP contribution in [0, 0.1) is 0 Å². The molecular formula is C21H22N6O. The molecule has 0 N–H and O–H groups in total. The van der Waals surface area contributed by atoms with Gasteiger partial charge in [0.15, 0.2) is 11.6 Å². The van der Waals surface area contributed by atoms with Crippen LogP contribution in [0.3, 0.4) is 0 Å². The van der Waals surface area contributed by atoms with E-state index < -0.39 is 0 Å². The van der Waals surface area contributed by atoms with Gasteiger partial charge in [-0.05, 0) is 41.8 Å². The molecule has 0 unspecified atom stereocenters. The smallest absolute Gasteiger partial charge is 0.155 e. The van der Waals surface area contributed by atoms with Gasteiger partial charge in [0, 0.05) is 32.3 Å². The van der Waals surface area contributed by atoms with Crippen LogP contribution >= 0.6 is 0 Å². The van der Waals surface area contributed by atoms with Crippen molar-refractivity contribution in [2.75, 3.05) is 7.11 Å². The van der Waals surface area contributed by atoms with Crippen LogP contribution in [-0.4, -0.2) is 36.6 Å². The molecule has 4 aromatic rings. The second-order valence-electron chi connectivity index (χ2n) is 6.59. The van der Waals surface area contributed by atoms with E-state index in [-0.39, 0.29) is 0 Å². The summed E-state index contributed by atoms with van der Waals surface area (Å²) in [6.07, 6.45) is 7.95. The first kappa shape index (κ1) is 17.9. The molecule has 0 bridgehead atoms. The van der Waals surface area contributed by atoms with Gasteiger partial charge in [-0.15, -0.1) is 5.10 Å². The first-order valence-electron chi connectivity index (χ1n) is 9.18. The zero-order chi connectivity index (χ0) is 19.3. The maximum atomic E-state index is 5.23. The molecule has 0 aliphatic heterocycles. The molecule has 0 atom stereocenters. The predicted molar refractivity (Wildman–Crippen MR) is 106 cm³/mol. The molecule has 0 spiro atoms. The van der Waals surface area contributed by atoms with Gasteiger partial charge in [-0.3, -0.25) is 4.68 Å². The summed E-state index contributed by atoms with van der Waals surface area (Å²) in [5.74, 6) is 3.29. The Hall–Kier alpha value is -3.48. The molecule has 0 aliphatic carbocycles. The van der Waals surface area contributed by atoms with Crippen molar-refractivity contribution < 1.29 is 4.74 Å². The summed E-state index contributed by atoms with van der Waals surface area (Å²) < 4.78 is 8.88. The van der Waals surface area contributed by atoms with Crippen LogP contribution in [-0.2, 0) is 26.3 Å². The third-order valence-electron chi connectivity index (χ3n) is 4.50. The van der Waals surface area contributed by atoms with Crippen molar-refractivity contribution in [2.24, 2.45) is 7.05 Å². The minimum Gasteiger partial charge on any atom is -0.497 e. The summed E-state index contributed by atoms with van der Waals surface area (Å²) in [5.41, 5.74) is 2.31. The molecule has 7 nitrogen and oxygen atoms in total. The maximum Gasteiger partial charge on any atom is 0.155 e. The summed E-state index contributed by atoms with van der Waals surface area (Å²) in [6.45, 7) is 0. The lowest BCUT2D eigenvalue weighted by Crippen LogP contribution is -2.06. The SMILES string of the molecule is COc1ccc(Cc2nc(CCc3cnn(C)c3)n(-c3ccccn3)n2)cc1. The van der Waals surface area contributed by atoms with Crippen LogP contribution < -0.4 is 4.74 Å². The number of benzene rings is 1. The molecule has 0 saturated heterocycles. The molecule has 3 aromatic heterocycles. The van der Waals surface area contributed by atoms with Crippen LogP contribution in [0.15, 0.2) is 61.1 Å². The Balaban J connectivity index is 1.59. The predicted octanol–water partition coefficient (Wildman–Crippen LogP) is 2.78. The molecule has 1 aromatic carbocycles. The van der Waals surface area contributed by atoms with Gasteiger partial charge in [0.2, 0.25) is 0 Å². The third-order valence-corrected chi connectivity index (χ3v) is 4.50. The van der Waals surface area contributed by atoms with E-state index in [1.165, 1.54) is 5.56 Å². The Kier molecular flexibility index (Phi) is 5.14. The van der Waals surface area contributed by atoms with Crippen LogP contribution in [0.2, 0.25) is 0 Å². The van der Waals surface area contributed by atoms with Crippen molar-refractivity contribution in [1.29, 1.82) is 0 Å². The van der Waals surface area contributed by atoms with Crippen LogP contribution in [0.4, 0.5) is 0 Å². The van der Waals surface area contributed by atoms with Gasteiger partial charge < -0.3 is 4.74 Å². The Morgan fingerprint density at radius 2 is 1.86 bits per heavy atom. The fourth-order valence-electron chi connectivity index (χ4n) is 3.07. The number of rotatable bonds is 7. The number of methoxy groups -OCH3 is 1. The van der Waals surface area contributed by atoms with E-state index >= 15 is 0 Å². The molecule has 3 heterocycles. The van der Waals surface area contributed by atoms with Crippen molar-refractivity contribution in [2.45, 2.75) is 19.3 Å². The second-order valence-corrected chi connectivity index (χ2v) is 6.59. The topological polar surface area (TPSA) is 70.7 Å². The minimum absolute atomic E-state index is 0.656. The fourth-order valence-corrected chi connectivity index (χ4v) is 3.07. The molecular weight excluding hydrogens is 352 g/mol. The van der Waals surface area contributed by atoms with Gasteiger partial charge in [-0.1, -0.05) is 18.2 Å². The highest BCUT2D eigenvalue weighted by Crippen LogP contribution is 2.16. The highest BCUT2D eigenvalue weighted by atomic mass is 16.5. The molecule has 0 radical (unpaired) electrons. The molecule has 4 rings (SSSR count). The van der Waals surface area contributed by atoms with Crippen LogP contribution in [0.25, 0.3) is 5.82 Å². The molecule has 0 saturated carbocycles. The number of hydrogen-bond donors (Lipinski definition) is 0. The van der Waals surface area contributed by atoms with Gasteiger partial charge in [-0.25, -0.2) is 9.97 Å². The van der Waals surface area contributed by atoms with E-state index in [1.807, 2.05) is 71.3 Å². The van der Waals surface area contributed by atoms with E-state index in [1.54, 1.807) is 13.3 Å². The molecule has 7 heteroatoms. The quantitative estimate of drug-likeness (QED) is 0.497. The average molecular weight is 374 g/mol. The van der Waals surface area contributed by atoms with E-state index in [4.69, 9.17) is 14.8 Å². The number of nitrogens with zero attached hydrogens (tertiary/aromatic N) is 6. The van der Waals surface area contributed by atoms with Gasteiger partial charge in [0.1, 0.15) is 11.6 Å². The lowest BCUT2D eigenvalue weighted by Gasteiger charge is -2.03. The standard InChI is InChI=1S/C21H22N6O/c1-26-15-17(14-23-26)8-11-21-24-19(13-16-6-9-18(28-2)10-7-16)25-27(21)20-5-3-4-12-22-20/h3-7,9-10,12,14-15H,8,11,13H2,1-2H3. The van der Waals surface area contributed by atoms with Crippen LogP contribution in [0.1, 0.15) is 22.8 Å². The zero-order valence-corrected chi connectivity index (χ0v) is 16.0. The van der Waals surface area contributed by atoms with E-state index in [9.17, 15) is 0 Å². The second kappa shape index (κ2) is 8.04. The lowest BCUT2D eigenvalue weighted by molar-refractivity contribution is 0.414. The Labute approximate surface area is 163 Å². The molecule has 142 valence electrons. The monoisotopic (exact) mass is 374 g/mol. The van der Waals surface area contributed by atoms with E-state index in [2.05, 4.69) is 10.1 Å². The summed E-state index contributed by atoms with van der Waals surface area (Å²) in [6, 6.07) is 13.8. The lowest BCUT2D eigenvalue weighted by atomic mass is 10.1. The number of ether oxygens (including phenoxy) is 1. The fraction of sp³-hybridized carbons (Fsp3) is 0.238. The largest absolute Gasteiger partial charge is 0.497 e. The summed E-state index contributed by atoms with van der Waals surface area (Å²) in [7, 11) is 3.59. The third kappa shape index (κ3) is 4.09. The Morgan fingerprint density at radius 1 is 1.00 bits per heavy atom. The number of pyridine rings is 1. The van der Waals surface area contributed by atoms with Crippen molar-refractivity contribution >= 4 is 0 Å². The number of aromatic nitrogens is 6. The van der Waals surface area contributed by atoms with E-state index in [0.29, 0.717) is 6.42 Å². The molecule has 0 amide bonds. The first-order valence-corrected chi connectivity index (χ1v) is 9.18. The van der Waals surface area contributed by atoms with Gasteiger partial charge in [-0.2, -0.15) is 9.78 Å². The number of aryl methyl sites for hydroxylation is 3. The normalized spacial score (nSPS) is 10.9. The highest BCUT2D eigenvalue weighted by Gasteiger charge is 2.13. The maximum absolute atomic E-state index is 5.23. The first-order chi connectivity index (χ1) is 13.7. The van der Waals surface area contributed by atoms with Gasteiger partial charge in [0.25, 0.3) is 0 Å². The van der Waals surface area contributed by atoms with Crippen LogP contribution in [0.5, 0.6) is 5.75 Å². The van der Waals surface area contributed by atoms with Gasteiger partial charge in [0.05, 0.1) is 13.3 Å². The average Bonchev–Trinajstić information content (AvgIpc) is 3.33. The Morgan fingerprint density at radius 3 is 2.54 bits per heavy atom. The molecule has 0 fully saturated rings. The van der Waals surface area contributed by atoms with E-state index in [0.717, 1.165) is 41.6 Å². The Bertz CT molecular complexity index is 1040. The van der Waals surface area contributed by atoms with Crippen molar-refractivity contribution in [1.82, 2.24) is 29.5 Å².